The molecule has 7 nitrogen and oxygen atoms in total. The molecule has 0 saturated carbocycles. The third-order valence-electron chi connectivity index (χ3n) is 4.46. The van der Waals surface area contributed by atoms with Crippen LogP contribution in [0.3, 0.4) is 0 Å². The SMILES string of the molecule is CCN(CCO)c1ncnc(N(C)C2CCN(C)CC2)c1N. The first-order valence-corrected chi connectivity index (χ1v) is 7.96. The minimum Gasteiger partial charge on any atom is -0.395 e. The molecule has 1 fully saturated rings. The highest BCUT2D eigenvalue weighted by molar-refractivity contribution is 5.75. The first-order chi connectivity index (χ1) is 10.6. The van der Waals surface area contributed by atoms with Crippen LogP contribution in [0.15, 0.2) is 6.33 Å². The summed E-state index contributed by atoms with van der Waals surface area (Å²) in [5.74, 6) is 1.50. The first kappa shape index (κ1) is 16.8. The Balaban J connectivity index is 2.20. The van der Waals surface area contributed by atoms with Crippen LogP contribution in [0.4, 0.5) is 17.3 Å². The van der Waals surface area contributed by atoms with Crippen LogP contribution in [-0.4, -0.2) is 72.9 Å². The summed E-state index contributed by atoms with van der Waals surface area (Å²) >= 11 is 0. The van der Waals surface area contributed by atoms with E-state index >= 15 is 0 Å². The molecule has 7 heteroatoms. The van der Waals surface area contributed by atoms with Gasteiger partial charge in [-0.1, -0.05) is 0 Å². The Labute approximate surface area is 132 Å². The number of nitrogens with two attached hydrogens (primary N) is 1. The van der Waals surface area contributed by atoms with Gasteiger partial charge in [-0.2, -0.15) is 0 Å². The molecule has 0 atom stereocenters. The summed E-state index contributed by atoms with van der Waals surface area (Å²) in [6.07, 6.45) is 3.78. The average molecular weight is 308 g/mol. The molecule has 1 saturated heterocycles. The summed E-state index contributed by atoms with van der Waals surface area (Å²) in [6.45, 7) is 5.57. The highest BCUT2D eigenvalue weighted by Gasteiger charge is 2.24. The number of aromatic nitrogens is 2. The molecule has 0 spiro atoms. The number of anilines is 3. The minimum absolute atomic E-state index is 0.0808. The van der Waals surface area contributed by atoms with Crippen LogP contribution in [0.5, 0.6) is 0 Å². The molecule has 0 aliphatic carbocycles. The Morgan fingerprint density at radius 3 is 2.55 bits per heavy atom. The maximum atomic E-state index is 9.19. The largest absolute Gasteiger partial charge is 0.395 e. The molecule has 3 N–H and O–H groups in total. The zero-order chi connectivity index (χ0) is 16.1. The number of nitrogen functional groups attached to an aromatic ring is 1. The number of nitrogens with zero attached hydrogens (tertiary/aromatic N) is 5. The number of rotatable bonds is 6. The van der Waals surface area contributed by atoms with Crippen molar-refractivity contribution in [1.82, 2.24) is 14.9 Å². The van der Waals surface area contributed by atoms with Crippen molar-refractivity contribution in [2.75, 3.05) is 62.4 Å². The first-order valence-electron chi connectivity index (χ1n) is 7.96. The number of likely N-dealkylation sites (tertiary alicyclic amines) is 1. The Hall–Kier alpha value is -1.60. The van der Waals surface area contributed by atoms with E-state index in [0.717, 1.165) is 38.3 Å². The number of hydrogen-bond donors (Lipinski definition) is 2. The van der Waals surface area contributed by atoms with Gasteiger partial charge in [-0.15, -0.1) is 0 Å². The minimum atomic E-state index is 0.0808. The van der Waals surface area contributed by atoms with Crippen molar-refractivity contribution in [2.24, 2.45) is 0 Å². The molecule has 0 radical (unpaired) electrons. The molecule has 2 rings (SSSR count). The Bertz CT molecular complexity index is 475. The quantitative estimate of drug-likeness (QED) is 0.787. The predicted molar refractivity (Wildman–Crippen MR) is 90.3 cm³/mol. The van der Waals surface area contributed by atoms with E-state index in [9.17, 15) is 5.11 Å². The highest BCUT2D eigenvalue weighted by atomic mass is 16.3. The molecule has 1 aromatic heterocycles. The summed E-state index contributed by atoms with van der Waals surface area (Å²) in [5, 5.41) is 9.19. The van der Waals surface area contributed by atoms with Crippen LogP contribution < -0.4 is 15.5 Å². The van der Waals surface area contributed by atoms with Crippen LogP contribution in [0.1, 0.15) is 19.8 Å². The van der Waals surface area contributed by atoms with Crippen molar-refractivity contribution in [3.8, 4) is 0 Å². The van der Waals surface area contributed by atoms with Crippen molar-refractivity contribution in [3.63, 3.8) is 0 Å². The Morgan fingerprint density at radius 2 is 1.95 bits per heavy atom. The lowest BCUT2D eigenvalue weighted by atomic mass is 10.0. The van der Waals surface area contributed by atoms with Crippen LogP contribution in [0.2, 0.25) is 0 Å². The van der Waals surface area contributed by atoms with Gasteiger partial charge in [-0.25, -0.2) is 9.97 Å². The smallest absolute Gasteiger partial charge is 0.157 e. The van der Waals surface area contributed by atoms with Crippen LogP contribution >= 0.6 is 0 Å². The average Bonchev–Trinajstić information content (AvgIpc) is 2.53. The highest BCUT2D eigenvalue weighted by Crippen LogP contribution is 2.30. The van der Waals surface area contributed by atoms with Crippen molar-refractivity contribution in [1.29, 1.82) is 0 Å². The summed E-state index contributed by atoms with van der Waals surface area (Å²) in [5.41, 5.74) is 6.92. The standard InChI is InChI=1S/C15H28N6O/c1-4-21(9-10-22)15-13(16)14(17-11-18-15)20(3)12-5-7-19(2)8-6-12/h11-12,22H,4-10,16H2,1-3H3. The fraction of sp³-hybridized carbons (Fsp3) is 0.733. The normalized spacial score (nSPS) is 16.7. The lowest BCUT2D eigenvalue weighted by Gasteiger charge is -2.36. The van der Waals surface area contributed by atoms with Gasteiger partial charge in [0, 0.05) is 26.2 Å². The van der Waals surface area contributed by atoms with Gasteiger partial charge in [-0.3, -0.25) is 0 Å². The van der Waals surface area contributed by atoms with Gasteiger partial charge in [0.05, 0.1) is 6.61 Å². The molecule has 1 aliphatic heterocycles. The number of piperidine rings is 1. The third kappa shape index (κ3) is 3.59. The van der Waals surface area contributed by atoms with Crippen molar-refractivity contribution in [3.05, 3.63) is 6.33 Å². The van der Waals surface area contributed by atoms with Gasteiger partial charge in [-0.05, 0) is 39.9 Å². The molecule has 0 amide bonds. The van der Waals surface area contributed by atoms with Gasteiger partial charge in [0.25, 0.3) is 0 Å². The summed E-state index contributed by atoms with van der Waals surface area (Å²) in [6, 6.07) is 0.453. The molecule has 1 aromatic rings. The van der Waals surface area contributed by atoms with Gasteiger partial charge >= 0.3 is 0 Å². The zero-order valence-corrected chi connectivity index (χ0v) is 13.9. The number of aliphatic hydroxyl groups excluding tert-OH is 1. The van der Waals surface area contributed by atoms with Gasteiger partial charge < -0.3 is 25.5 Å². The number of likely N-dealkylation sites (N-methyl/N-ethyl adjacent to an activating group) is 1. The maximum Gasteiger partial charge on any atom is 0.157 e. The fourth-order valence-corrected chi connectivity index (χ4v) is 3.00. The second kappa shape index (κ2) is 7.60. The van der Waals surface area contributed by atoms with Crippen LogP contribution in [0.25, 0.3) is 0 Å². The van der Waals surface area contributed by atoms with Crippen molar-refractivity contribution in [2.45, 2.75) is 25.8 Å². The van der Waals surface area contributed by atoms with Crippen LogP contribution in [-0.2, 0) is 0 Å². The molecule has 124 valence electrons. The number of aliphatic hydroxyl groups is 1. The van der Waals surface area contributed by atoms with E-state index in [0.29, 0.717) is 24.1 Å². The molecule has 0 bridgehead atoms. The third-order valence-corrected chi connectivity index (χ3v) is 4.46. The van der Waals surface area contributed by atoms with Gasteiger partial charge in [0.15, 0.2) is 11.6 Å². The second-order valence-electron chi connectivity index (χ2n) is 5.88. The van der Waals surface area contributed by atoms with Gasteiger partial charge in [0.2, 0.25) is 0 Å². The summed E-state index contributed by atoms with van der Waals surface area (Å²) < 4.78 is 0. The van der Waals surface area contributed by atoms with Crippen LogP contribution in [0, 0.1) is 0 Å². The topological polar surface area (TPSA) is 81.8 Å². The zero-order valence-electron chi connectivity index (χ0n) is 13.9. The molecular formula is C15H28N6O. The fourth-order valence-electron chi connectivity index (χ4n) is 3.00. The molecule has 22 heavy (non-hydrogen) atoms. The van der Waals surface area contributed by atoms with E-state index in [2.05, 4.69) is 33.9 Å². The van der Waals surface area contributed by atoms with Crippen molar-refractivity contribution >= 4 is 17.3 Å². The summed E-state index contributed by atoms with van der Waals surface area (Å²) in [4.78, 5) is 15.2. The second-order valence-corrected chi connectivity index (χ2v) is 5.88. The molecule has 0 aromatic carbocycles. The number of hydrogen-bond acceptors (Lipinski definition) is 7. The molecule has 0 unspecified atom stereocenters. The van der Waals surface area contributed by atoms with E-state index in [1.165, 1.54) is 0 Å². The monoisotopic (exact) mass is 308 g/mol. The van der Waals surface area contributed by atoms with E-state index < -0.39 is 0 Å². The molecule has 1 aliphatic rings. The lowest BCUT2D eigenvalue weighted by Crippen LogP contribution is -2.42. The Morgan fingerprint density at radius 1 is 1.32 bits per heavy atom. The summed E-state index contributed by atoms with van der Waals surface area (Å²) in [7, 11) is 4.21. The van der Waals surface area contributed by atoms with Gasteiger partial charge in [0.1, 0.15) is 12.0 Å². The lowest BCUT2D eigenvalue weighted by molar-refractivity contribution is 0.252. The van der Waals surface area contributed by atoms with E-state index in [-0.39, 0.29) is 6.61 Å². The van der Waals surface area contributed by atoms with E-state index in [1.807, 2.05) is 11.8 Å². The van der Waals surface area contributed by atoms with E-state index in [1.54, 1.807) is 6.33 Å². The molecular weight excluding hydrogens is 280 g/mol. The van der Waals surface area contributed by atoms with E-state index in [4.69, 9.17) is 5.73 Å². The molecule has 2 heterocycles. The van der Waals surface area contributed by atoms with Crippen molar-refractivity contribution < 1.29 is 5.11 Å². The Kier molecular flexibility index (Phi) is 5.79. The predicted octanol–water partition coefficient (Wildman–Crippen LogP) is 0.408. The maximum absolute atomic E-state index is 9.19.